The Morgan fingerprint density at radius 2 is 2.11 bits per heavy atom. The van der Waals surface area contributed by atoms with Crippen LogP contribution in [0.1, 0.15) is 29.5 Å². The minimum atomic E-state index is -0.352. The second kappa shape index (κ2) is 5.06. The molecule has 0 bridgehead atoms. The molecular formula is C14H12BrFO2. The maximum absolute atomic E-state index is 13.5. The van der Waals surface area contributed by atoms with Gasteiger partial charge in [-0.1, -0.05) is 6.92 Å². The third kappa shape index (κ3) is 2.38. The van der Waals surface area contributed by atoms with E-state index in [0.717, 1.165) is 5.56 Å². The van der Waals surface area contributed by atoms with Gasteiger partial charge in [-0.15, -0.1) is 0 Å². The standard InChI is InChI=1S/C14H12BrFO2/c1-3-12(17)14-5-4-13(18-14)9-7-11(16)10(15)6-8(9)2/h4-7H,3H2,1-2H3. The van der Waals surface area contributed by atoms with Crippen LogP contribution in [0.2, 0.25) is 0 Å². The Morgan fingerprint density at radius 3 is 2.78 bits per heavy atom. The fourth-order valence-electron chi connectivity index (χ4n) is 1.72. The van der Waals surface area contributed by atoms with E-state index in [-0.39, 0.29) is 11.6 Å². The maximum atomic E-state index is 13.5. The molecule has 2 aromatic rings. The molecule has 0 spiro atoms. The summed E-state index contributed by atoms with van der Waals surface area (Å²) in [5.74, 6) is 0.415. The summed E-state index contributed by atoms with van der Waals surface area (Å²) < 4.78 is 19.4. The number of aryl methyl sites for hydroxylation is 1. The monoisotopic (exact) mass is 310 g/mol. The molecule has 0 fully saturated rings. The first-order chi connectivity index (χ1) is 8.52. The Morgan fingerprint density at radius 1 is 1.39 bits per heavy atom. The largest absolute Gasteiger partial charge is 0.453 e. The zero-order valence-electron chi connectivity index (χ0n) is 10.1. The minimum Gasteiger partial charge on any atom is -0.453 e. The lowest BCUT2D eigenvalue weighted by atomic mass is 10.1. The molecule has 0 N–H and O–H groups in total. The summed E-state index contributed by atoms with van der Waals surface area (Å²) >= 11 is 3.13. The highest BCUT2D eigenvalue weighted by Crippen LogP contribution is 2.30. The van der Waals surface area contributed by atoms with Gasteiger partial charge < -0.3 is 4.42 Å². The zero-order valence-corrected chi connectivity index (χ0v) is 11.7. The number of ketones is 1. The van der Waals surface area contributed by atoms with E-state index in [0.29, 0.717) is 28.0 Å². The van der Waals surface area contributed by atoms with E-state index in [2.05, 4.69) is 15.9 Å². The molecule has 0 radical (unpaired) electrons. The van der Waals surface area contributed by atoms with Gasteiger partial charge in [0.2, 0.25) is 0 Å². The van der Waals surface area contributed by atoms with Crippen molar-refractivity contribution in [2.24, 2.45) is 0 Å². The molecule has 0 saturated carbocycles. The molecule has 1 aromatic carbocycles. The van der Waals surface area contributed by atoms with E-state index in [4.69, 9.17) is 4.42 Å². The number of rotatable bonds is 3. The molecule has 4 heteroatoms. The summed E-state index contributed by atoms with van der Waals surface area (Å²) in [7, 11) is 0. The maximum Gasteiger partial charge on any atom is 0.197 e. The van der Waals surface area contributed by atoms with Gasteiger partial charge in [0.15, 0.2) is 11.5 Å². The van der Waals surface area contributed by atoms with Crippen molar-refractivity contribution in [3.63, 3.8) is 0 Å². The normalized spacial score (nSPS) is 10.7. The van der Waals surface area contributed by atoms with Gasteiger partial charge >= 0.3 is 0 Å². The Hall–Kier alpha value is -1.42. The van der Waals surface area contributed by atoms with Gasteiger partial charge in [-0.3, -0.25) is 4.79 Å². The summed E-state index contributed by atoms with van der Waals surface area (Å²) in [6.45, 7) is 3.64. The van der Waals surface area contributed by atoms with Gasteiger partial charge in [0.1, 0.15) is 11.6 Å². The molecule has 18 heavy (non-hydrogen) atoms. The van der Waals surface area contributed by atoms with Crippen molar-refractivity contribution >= 4 is 21.7 Å². The van der Waals surface area contributed by atoms with E-state index < -0.39 is 0 Å². The Kier molecular flexibility index (Phi) is 3.66. The molecule has 0 aliphatic carbocycles. The van der Waals surface area contributed by atoms with Crippen molar-refractivity contribution in [3.8, 4) is 11.3 Å². The average molecular weight is 311 g/mol. The average Bonchev–Trinajstić information content (AvgIpc) is 2.82. The van der Waals surface area contributed by atoms with E-state index in [1.807, 2.05) is 6.92 Å². The molecule has 0 amide bonds. The van der Waals surface area contributed by atoms with Crippen molar-refractivity contribution in [1.29, 1.82) is 0 Å². The molecule has 0 aliphatic heterocycles. The number of benzene rings is 1. The van der Waals surface area contributed by atoms with Crippen molar-refractivity contribution in [2.75, 3.05) is 0 Å². The van der Waals surface area contributed by atoms with Crippen LogP contribution in [0, 0.1) is 12.7 Å². The Bertz CT molecular complexity index is 602. The van der Waals surface area contributed by atoms with Crippen LogP contribution in [0.3, 0.4) is 0 Å². The number of hydrogen-bond donors (Lipinski definition) is 0. The summed E-state index contributed by atoms with van der Waals surface area (Å²) in [4.78, 5) is 11.5. The zero-order chi connectivity index (χ0) is 13.3. The number of carbonyl (C=O) groups is 1. The third-order valence-electron chi connectivity index (χ3n) is 2.73. The molecule has 1 aromatic heterocycles. The van der Waals surface area contributed by atoms with Crippen molar-refractivity contribution in [3.05, 3.63) is 45.9 Å². The number of halogens is 2. The van der Waals surface area contributed by atoms with E-state index in [1.54, 1.807) is 25.1 Å². The number of furan rings is 1. The predicted octanol–water partition coefficient (Wildman–Crippen LogP) is 4.75. The lowest BCUT2D eigenvalue weighted by Gasteiger charge is -2.04. The highest BCUT2D eigenvalue weighted by molar-refractivity contribution is 9.10. The topological polar surface area (TPSA) is 30.2 Å². The third-order valence-corrected chi connectivity index (χ3v) is 3.34. The molecule has 0 unspecified atom stereocenters. The van der Waals surface area contributed by atoms with Crippen LogP contribution in [0.4, 0.5) is 4.39 Å². The summed E-state index contributed by atoms with van der Waals surface area (Å²) in [5.41, 5.74) is 1.54. The lowest BCUT2D eigenvalue weighted by molar-refractivity contribution is 0.0962. The second-order valence-electron chi connectivity index (χ2n) is 4.02. The minimum absolute atomic E-state index is 0.0588. The highest BCUT2D eigenvalue weighted by atomic mass is 79.9. The van der Waals surface area contributed by atoms with Crippen LogP contribution in [0.5, 0.6) is 0 Å². The van der Waals surface area contributed by atoms with Crippen molar-refractivity contribution in [2.45, 2.75) is 20.3 Å². The molecule has 0 atom stereocenters. The SMILES string of the molecule is CCC(=O)c1ccc(-c2cc(F)c(Br)cc2C)o1. The summed E-state index contributed by atoms with van der Waals surface area (Å²) in [6, 6.07) is 6.41. The van der Waals surface area contributed by atoms with Gasteiger partial charge in [-0.2, -0.15) is 0 Å². The van der Waals surface area contributed by atoms with Gasteiger partial charge in [-0.25, -0.2) is 4.39 Å². The first kappa shape index (κ1) is 13.0. The number of Topliss-reactive ketones (excluding diaryl/α,β-unsaturated/α-hetero) is 1. The molecule has 0 aliphatic rings. The van der Waals surface area contributed by atoms with Crippen LogP contribution in [-0.2, 0) is 0 Å². The highest BCUT2D eigenvalue weighted by Gasteiger charge is 2.13. The van der Waals surface area contributed by atoms with Crippen LogP contribution < -0.4 is 0 Å². The number of hydrogen-bond acceptors (Lipinski definition) is 2. The van der Waals surface area contributed by atoms with Gasteiger partial charge in [0.05, 0.1) is 4.47 Å². The van der Waals surface area contributed by atoms with Gasteiger partial charge in [0, 0.05) is 12.0 Å². The smallest absolute Gasteiger partial charge is 0.197 e. The Balaban J connectivity index is 2.46. The van der Waals surface area contributed by atoms with Crippen LogP contribution >= 0.6 is 15.9 Å². The predicted molar refractivity (Wildman–Crippen MR) is 71.2 cm³/mol. The fourth-order valence-corrected chi connectivity index (χ4v) is 2.18. The second-order valence-corrected chi connectivity index (χ2v) is 4.88. The van der Waals surface area contributed by atoms with E-state index in [9.17, 15) is 9.18 Å². The van der Waals surface area contributed by atoms with Crippen LogP contribution in [0.15, 0.2) is 33.2 Å². The molecular weight excluding hydrogens is 299 g/mol. The lowest BCUT2D eigenvalue weighted by Crippen LogP contribution is -1.92. The van der Waals surface area contributed by atoms with Crippen molar-refractivity contribution in [1.82, 2.24) is 0 Å². The van der Waals surface area contributed by atoms with Crippen LogP contribution in [0.25, 0.3) is 11.3 Å². The quantitative estimate of drug-likeness (QED) is 0.766. The van der Waals surface area contributed by atoms with Crippen molar-refractivity contribution < 1.29 is 13.6 Å². The molecule has 94 valence electrons. The molecule has 1 heterocycles. The fraction of sp³-hybridized carbons (Fsp3) is 0.214. The van der Waals surface area contributed by atoms with Gasteiger partial charge in [0.25, 0.3) is 0 Å². The summed E-state index contributed by atoms with van der Waals surface area (Å²) in [6.07, 6.45) is 0.390. The Labute approximate surface area is 113 Å². The van der Waals surface area contributed by atoms with Gasteiger partial charge in [-0.05, 0) is 52.7 Å². The van der Waals surface area contributed by atoms with E-state index >= 15 is 0 Å². The molecule has 2 nitrogen and oxygen atoms in total. The number of carbonyl (C=O) groups excluding carboxylic acids is 1. The molecule has 2 rings (SSSR count). The first-order valence-electron chi connectivity index (χ1n) is 5.62. The van der Waals surface area contributed by atoms with Crippen LogP contribution in [-0.4, -0.2) is 5.78 Å². The summed E-state index contributed by atoms with van der Waals surface area (Å²) in [5, 5.41) is 0. The van der Waals surface area contributed by atoms with E-state index in [1.165, 1.54) is 6.07 Å². The first-order valence-corrected chi connectivity index (χ1v) is 6.41. The molecule has 0 saturated heterocycles.